The fourth-order valence-corrected chi connectivity index (χ4v) is 8.23. The summed E-state index contributed by atoms with van der Waals surface area (Å²) in [5.74, 6) is -3.79. The predicted molar refractivity (Wildman–Crippen MR) is 107 cm³/mol. The van der Waals surface area contributed by atoms with Gasteiger partial charge in [-0.25, -0.2) is 12.8 Å². The van der Waals surface area contributed by atoms with E-state index in [0.29, 0.717) is 37.0 Å². The SMILES string of the molecule is O=C1OC2C(OC(=O)C34CC5CC(CC(C5)C3)C4)C3OC2C1C3C(=O)OCC(F)C(F)(F)S(=O)(=O)[O-]. The standard InChI is InChI=1S/C22H25F3O10S/c23-11(22(24,25)36(29,30)31)7-32-18(26)12-13-15-16(34-19(13)27)17(14(12)33-15)35-20(28)21-4-8-1-9(5-21)3-10(2-8)6-21/h8-17H,1-7H2,(H,29,30,31)/p-1. The van der Waals surface area contributed by atoms with Gasteiger partial charge in [-0.1, -0.05) is 0 Å². The lowest BCUT2D eigenvalue weighted by molar-refractivity contribution is -0.186. The first kappa shape index (κ1) is 24.4. The quantitative estimate of drug-likeness (QED) is 0.263. The molecule has 0 aromatic rings. The molecular weight excluding hydrogens is 513 g/mol. The zero-order chi connectivity index (χ0) is 25.8. The van der Waals surface area contributed by atoms with Crippen LogP contribution in [0.1, 0.15) is 38.5 Å². The fourth-order valence-electron chi connectivity index (χ4n) is 7.85. The van der Waals surface area contributed by atoms with Crippen LogP contribution in [-0.2, 0) is 43.4 Å². The molecule has 0 radical (unpaired) electrons. The number of hydrogen-bond donors (Lipinski definition) is 0. The van der Waals surface area contributed by atoms with E-state index in [0.717, 1.165) is 19.3 Å². The average Bonchev–Trinajstić information content (AvgIpc) is 3.39. The molecular formula is C22H24F3O10S-. The van der Waals surface area contributed by atoms with Crippen LogP contribution in [0, 0.1) is 35.0 Å². The van der Waals surface area contributed by atoms with Crippen molar-refractivity contribution in [2.45, 2.75) is 74.4 Å². The van der Waals surface area contributed by atoms with E-state index >= 15 is 0 Å². The minimum absolute atomic E-state index is 0.432. The molecule has 0 aromatic carbocycles. The number of fused-ring (bicyclic) bond motifs is 1. The second kappa shape index (κ2) is 7.79. The van der Waals surface area contributed by atoms with Gasteiger partial charge >= 0.3 is 23.2 Å². The Balaban J connectivity index is 1.17. The number of halogens is 3. The van der Waals surface area contributed by atoms with E-state index in [2.05, 4.69) is 4.74 Å². The van der Waals surface area contributed by atoms with Crippen molar-refractivity contribution in [2.75, 3.05) is 6.61 Å². The molecule has 0 amide bonds. The summed E-state index contributed by atoms with van der Waals surface area (Å²) < 4.78 is 93.8. The molecule has 14 heteroatoms. The predicted octanol–water partition coefficient (Wildman–Crippen LogP) is 1.07. The van der Waals surface area contributed by atoms with Crippen LogP contribution in [0.2, 0.25) is 0 Å². The van der Waals surface area contributed by atoms with Crippen LogP contribution in [0.4, 0.5) is 13.2 Å². The third-order valence-corrected chi connectivity index (χ3v) is 9.88. The van der Waals surface area contributed by atoms with Gasteiger partial charge in [-0.2, -0.15) is 8.78 Å². The van der Waals surface area contributed by atoms with Crippen molar-refractivity contribution in [3.8, 4) is 0 Å². The lowest BCUT2D eigenvalue weighted by atomic mass is 9.49. The fraction of sp³-hybridized carbons (Fsp3) is 0.864. The first-order valence-electron chi connectivity index (χ1n) is 12.0. The van der Waals surface area contributed by atoms with Crippen molar-refractivity contribution in [3.63, 3.8) is 0 Å². The Bertz CT molecular complexity index is 1070. The second-order valence-electron chi connectivity index (χ2n) is 11.2. The molecule has 4 saturated carbocycles. The number of hydrogen-bond acceptors (Lipinski definition) is 10. The molecule has 0 N–H and O–H groups in total. The molecule has 3 heterocycles. The van der Waals surface area contributed by atoms with Crippen LogP contribution in [-0.4, -0.2) is 73.3 Å². The maximum Gasteiger partial charge on any atom is 0.368 e. The summed E-state index contributed by atoms with van der Waals surface area (Å²) in [5.41, 5.74) is -0.633. The highest BCUT2D eigenvalue weighted by molar-refractivity contribution is 7.86. The molecule has 200 valence electrons. The van der Waals surface area contributed by atoms with Gasteiger partial charge in [0, 0.05) is 0 Å². The highest BCUT2D eigenvalue weighted by atomic mass is 32.2. The minimum atomic E-state index is -6.34. The van der Waals surface area contributed by atoms with Gasteiger partial charge in [0.2, 0.25) is 6.17 Å². The Morgan fingerprint density at radius 2 is 1.67 bits per heavy atom. The third-order valence-electron chi connectivity index (χ3n) is 8.96. The molecule has 36 heavy (non-hydrogen) atoms. The van der Waals surface area contributed by atoms with E-state index in [1.54, 1.807) is 0 Å². The average molecular weight is 537 g/mol. The van der Waals surface area contributed by atoms with Gasteiger partial charge in [0.25, 0.3) is 0 Å². The largest absolute Gasteiger partial charge is 0.743 e. The van der Waals surface area contributed by atoms with Crippen molar-refractivity contribution in [3.05, 3.63) is 0 Å². The number of carbonyl (C=O) groups is 3. The van der Waals surface area contributed by atoms with Crippen molar-refractivity contribution in [1.29, 1.82) is 0 Å². The van der Waals surface area contributed by atoms with Gasteiger partial charge in [0.15, 0.2) is 22.3 Å². The van der Waals surface area contributed by atoms with Gasteiger partial charge in [0.1, 0.15) is 30.7 Å². The highest BCUT2D eigenvalue weighted by Gasteiger charge is 2.72. The van der Waals surface area contributed by atoms with E-state index in [1.165, 1.54) is 0 Å². The van der Waals surface area contributed by atoms with Gasteiger partial charge in [-0.3, -0.25) is 14.4 Å². The molecule has 0 spiro atoms. The summed E-state index contributed by atoms with van der Waals surface area (Å²) in [6.45, 7) is -1.73. The van der Waals surface area contributed by atoms with Crippen LogP contribution in [0.3, 0.4) is 0 Å². The monoisotopic (exact) mass is 537 g/mol. The summed E-state index contributed by atoms with van der Waals surface area (Å²) in [6.07, 6.45) is -2.34. The molecule has 7 aliphatic rings. The Kier molecular flexibility index (Phi) is 5.28. The van der Waals surface area contributed by atoms with Crippen molar-refractivity contribution in [2.24, 2.45) is 35.0 Å². The van der Waals surface area contributed by atoms with E-state index < -0.39 is 87.7 Å². The Morgan fingerprint density at radius 1 is 1.08 bits per heavy atom. The summed E-state index contributed by atoms with van der Waals surface area (Å²) >= 11 is 0. The summed E-state index contributed by atoms with van der Waals surface area (Å²) in [5, 5.41) is -5.31. The molecule has 3 saturated heterocycles. The molecule has 7 unspecified atom stereocenters. The first-order chi connectivity index (χ1) is 16.8. The number of ether oxygens (including phenoxy) is 4. The maximum atomic E-state index is 13.8. The van der Waals surface area contributed by atoms with Crippen LogP contribution in [0.15, 0.2) is 0 Å². The molecule has 3 aliphatic heterocycles. The van der Waals surface area contributed by atoms with Gasteiger partial charge in [-0.05, 0) is 56.3 Å². The minimum Gasteiger partial charge on any atom is -0.743 e. The van der Waals surface area contributed by atoms with Gasteiger partial charge < -0.3 is 23.5 Å². The highest BCUT2D eigenvalue weighted by Crippen LogP contribution is 2.61. The summed E-state index contributed by atoms with van der Waals surface area (Å²) in [6, 6.07) is 0. The number of esters is 3. The smallest absolute Gasteiger partial charge is 0.368 e. The van der Waals surface area contributed by atoms with E-state index in [-0.39, 0.29) is 0 Å². The topological polar surface area (TPSA) is 145 Å². The number of alkyl halides is 3. The van der Waals surface area contributed by atoms with Gasteiger partial charge in [-0.15, -0.1) is 0 Å². The van der Waals surface area contributed by atoms with E-state index in [4.69, 9.17) is 14.2 Å². The molecule has 7 atom stereocenters. The maximum absolute atomic E-state index is 13.8. The Morgan fingerprint density at radius 3 is 2.22 bits per heavy atom. The van der Waals surface area contributed by atoms with Crippen LogP contribution < -0.4 is 0 Å². The molecule has 0 aromatic heterocycles. The Labute approximate surface area is 203 Å². The molecule has 4 aliphatic carbocycles. The number of carbonyl (C=O) groups excluding carboxylic acids is 3. The normalized spacial score (nSPS) is 45.0. The van der Waals surface area contributed by atoms with E-state index in [1.807, 2.05) is 0 Å². The Hall–Kier alpha value is -1.93. The van der Waals surface area contributed by atoms with Crippen LogP contribution >= 0.6 is 0 Å². The molecule has 7 rings (SSSR count). The lowest BCUT2D eigenvalue weighted by Crippen LogP contribution is -2.54. The zero-order valence-electron chi connectivity index (χ0n) is 18.8. The van der Waals surface area contributed by atoms with Crippen molar-refractivity contribution in [1.82, 2.24) is 0 Å². The molecule has 7 fully saturated rings. The molecule has 10 nitrogen and oxygen atoms in total. The zero-order valence-corrected chi connectivity index (χ0v) is 19.7. The van der Waals surface area contributed by atoms with Crippen molar-refractivity contribution < 1.29 is 59.5 Å². The summed E-state index contributed by atoms with van der Waals surface area (Å²) in [4.78, 5) is 38.6. The van der Waals surface area contributed by atoms with Crippen LogP contribution in [0.5, 0.6) is 0 Å². The van der Waals surface area contributed by atoms with Crippen LogP contribution in [0.25, 0.3) is 0 Å². The third kappa shape index (κ3) is 3.43. The van der Waals surface area contributed by atoms with Gasteiger partial charge in [0.05, 0.1) is 5.41 Å². The summed E-state index contributed by atoms with van der Waals surface area (Å²) in [7, 11) is -6.34. The number of rotatable bonds is 7. The van der Waals surface area contributed by atoms with Crippen molar-refractivity contribution >= 4 is 28.0 Å². The lowest BCUT2D eigenvalue weighted by Gasteiger charge is -2.55. The van der Waals surface area contributed by atoms with E-state index in [9.17, 15) is 40.5 Å². The second-order valence-corrected chi connectivity index (χ2v) is 12.7. The molecule has 6 bridgehead atoms. The first-order valence-corrected chi connectivity index (χ1v) is 13.4.